The predicted octanol–water partition coefficient (Wildman–Crippen LogP) is 2.01. The molecule has 0 aliphatic carbocycles. The second-order valence-corrected chi connectivity index (χ2v) is 3.81. The Morgan fingerprint density at radius 2 is 2.25 bits per heavy atom. The predicted molar refractivity (Wildman–Crippen MR) is 55.2 cm³/mol. The van der Waals surface area contributed by atoms with Crippen molar-refractivity contribution in [2.45, 2.75) is 0 Å². The number of nitrogens with zero attached hydrogens (tertiary/aromatic N) is 1. The molecule has 66 valence electrons. The summed E-state index contributed by atoms with van der Waals surface area (Å²) >= 11 is 6.59. The Bertz CT molecular complexity index is 268. The van der Waals surface area contributed by atoms with Crippen LogP contribution in [0.2, 0.25) is 0 Å². The van der Waals surface area contributed by atoms with E-state index in [-0.39, 0.29) is 6.61 Å². The van der Waals surface area contributed by atoms with Gasteiger partial charge in [0.05, 0.1) is 12.3 Å². The molecule has 1 aromatic heterocycles. The van der Waals surface area contributed by atoms with Crippen molar-refractivity contribution < 1.29 is 5.11 Å². The van der Waals surface area contributed by atoms with Crippen LogP contribution in [0.25, 0.3) is 0 Å². The van der Waals surface area contributed by atoms with Crippen molar-refractivity contribution >= 4 is 37.5 Å². The zero-order valence-electron chi connectivity index (χ0n) is 6.22. The molecule has 1 rings (SSSR count). The fourth-order valence-electron chi connectivity index (χ4n) is 0.737. The molecule has 12 heavy (non-hydrogen) atoms. The van der Waals surface area contributed by atoms with Crippen LogP contribution in [0.4, 0.5) is 5.69 Å². The summed E-state index contributed by atoms with van der Waals surface area (Å²) in [5.74, 6) is 0. The van der Waals surface area contributed by atoms with Crippen molar-refractivity contribution in [2.75, 3.05) is 18.5 Å². The van der Waals surface area contributed by atoms with Crippen LogP contribution in [-0.2, 0) is 0 Å². The van der Waals surface area contributed by atoms with Gasteiger partial charge in [-0.25, -0.2) is 4.98 Å². The van der Waals surface area contributed by atoms with Gasteiger partial charge in [0.25, 0.3) is 0 Å². The number of aromatic nitrogens is 1. The van der Waals surface area contributed by atoms with E-state index in [1.54, 1.807) is 6.20 Å². The van der Waals surface area contributed by atoms with Crippen LogP contribution in [0.1, 0.15) is 0 Å². The Labute approximate surface area is 87.5 Å². The molecule has 1 aromatic rings. The topological polar surface area (TPSA) is 45.1 Å². The van der Waals surface area contributed by atoms with E-state index in [4.69, 9.17) is 5.11 Å². The lowest BCUT2D eigenvalue weighted by Gasteiger charge is -2.05. The molecular weight excluding hydrogens is 288 g/mol. The summed E-state index contributed by atoms with van der Waals surface area (Å²) in [6.07, 6.45) is 1.70. The molecule has 0 aliphatic rings. The molecule has 0 bridgehead atoms. The molecule has 3 nitrogen and oxygen atoms in total. The van der Waals surface area contributed by atoms with Crippen molar-refractivity contribution in [3.63, 3.8) is 0 Å². The van der Waals surface area contributed by atoms with Gasteiger partial charge >= 0.3 is 0 Å². The molecule has 0 fully saturated rings. The standard InChI is InChI=1S/C7H8Br2N2O/c8-5-3-6(10-1-2-12)7(9)11-4-5/h3-4,10,12H,1-2H2. The van der Waals surface area contributed by atoms with E-state index in [1.807, 2.05) is 6.07 Å². The maximum atomic E-state index is 8.58. The summed E-state index contributed by atoms with van der Waals surface area (Å²) in [6, 6.07) is 1.90. The van der Waals surface area contributed by atoms with Crippen LogP contribution in [0.5, 0.6) is 0 Å². The highest BCUT2D eigenvalue weighted by atomic mass is 79.9. The van der Waals surface area contributed by atoms with Crippen LogP contribution >= 0.6 is 31.9 Å². The van der Waals surface area contributed by atoms with Gasteiger partial charge in [-0.05, 0) is 37.9 Å². The Hall–Kier alpha value is -0.130. The van der Waals surface area contributed by atoms with E-state index in [0.717, 1.165) is 14.8 Å². The van der Waals surface area contributed by atoms with E-state index >= 15 is 0 Å². The quantitative estimate of drug-likeness (QED) is 0.839. The number of hydrogen-bond acceptors (Lipinski definition) is 3. The molecule has 0 amide bonds. The van der Waals surface area contributed by atoms with Gasteiger partial charge in [-0.3, -0.25) is 0 Å². The lowest BCUT2D eigenvalue weighted by Crippen LogP contribution is -2.06. The molecule has 0 spiro atoms. The average molecular weight is 296 g/mol. The lowest BCUT2D eigenvalue weighted by atomic mass is 10.4. The molecule has 1 heterocycles. The number of aliphatic hydroxyl groups is 1. The van der Waals surface area contributed by atoms with E-state index < -0.39 is 0 Å². The Kier molecular flexibility index (Phi) is 3.97. The first-order chi connectivity index (χ1) is 5.74. The van der Waals surface area contributed by atoms with E-state index in [2.05, 4.69) is 42.2 Å². The molecule has 0 unspecified atom stereocenters. The van der Waals surface area contributed by atoms with Gasteiger partial charge in [0.15, 0.2) is 0 Å². The first kappa shape index (κ1) is 9.95. The van der Waals surface area contributed by atoms with Crippen LogP contribution in [-0.4, -0.2) is 23.2 Å². The van der Waals surface area contributed by atoms with Gasteiger partial charge < -0.3 is 10.4 Å². The smallest absolute Gasteiger partial charge is 0.129 e. The van der Waals surface area contributed by atoms with Crippen LogP contribution < -0.4 is 5.32 Å². The van der Waals surface area contributed by atoms with Gasteiger partial charge in [0, 0.05) is 17.2 Å². The summed E-state index contributed by atoms with van der Waals surface area (Å²) in [6.45, 7) is 0.635. The molecule has 0 atom stereocenters. The molecule has 0 saturated carbocycles. The van der Waals surface area contributed by atoms with Crippen molar-refractivity contribution in [1.82, 2.24) is 4.98 Å². The number of aliphatic hydroxyl groups excluding tert-OH is 1. The highest BCUT2D eigenvalue weighted by molar-refractivity contribution is 9.11. The lowest BCUT2D eigenvalue weighted by molar-refractivity contribution is 0.311. The summed E-state index contributed by atoms with van der Waals surface area (Å²) < 4.78 is 1.66. The minimum Gasteiger partial charge on any atom is -0.395 e. The molecular formula is C7H8Br2N2O. The van der Waals surface area contributed by atoms with Gasteiger partial charge in [-0.1, -0.05) is 0 Å². The highest BCUT2D eigenvalue weighted by Gasteiger charge is 1.99. The average Bonchev–Trinajstić information content (AvgIpc) is 2.07. The Morgan fingerprint density at radius 3 is 2.92 bits per heavy atom. The number of pyridine rings is 1. The van der Waals surface area contributed by atoms with E-state index in [1.165, 1.54) is 0 Å². The van der Waals surface area contributed by atoms with E-state index in [0.29, 0.717) is 6.54 Å². The first-order valence-electron chi connectivity index (χ1n) is 3.40. The SMILES string of the molecule is OCCNc1cc(Br)cnc1Br. The maximum absolute atomic E-state index is 8.58. The molecule has 5 heteroatoms. The Morgan fingerprint density at radius 1 is 1.50 bits per heavy atom. The summed E-state index contributed by atoms with van der Waals surface area (Å²) in [7, 11) is 0. The van der Waals surface area contributed by atoms with E-state index in [9.17, 15) is 0 Å². The third-order valence-electron chi connectivity index (χ3n) is 1.23. The molecule has 2 N–H and O–H groups in total. The molecule has 0 aromatic carbocycles. The number of hydrogen-bond donors (Lipinski definition) is 2. The number of rotatable bonds is 3. The van der Waals surface area contributed by atoms with Crippen molar-refractivity contribution in [2.24, 2.45) is 0 Å². The van der Waals surface area contributed by atoms with Crippen molar-refractivity contribution in [3.8, 4) is 0 Å². The van der Waals surface area contributed by atoms with Crippen molar-refractivity contribution in [1.29, 1.82) is 0 Å². The second kappa shape index (κ2) is 4.79. The second-order valence-electron chi connectivity index (χ2n) is 2.14. The van der Waals surface area contributed by atoms with Crippen LogP contribution in [0.3, 0.4) is 0 Å². The number of halogens is 2. The van der Waals surface area contributed by atoms with Gasteiger partial charge in [-0.15, -0.1) is 0 Å². The third kappa shape index (κ3) is 2.73. The fourth-order valence-corrected chi connectivity index (χ4v) is 1.43. The fraction of sp³-hybridized carbons (Fsp3) is 0.286. The van der Waals surface area contributed by atoms with Gasteiger partial charge in [0.2, 0.25) is 0 Å². The highest BCUT2D eigenvalue weighted by Crippen LogP contribution is 2.22. The van der Waals surface area contributed by atoms with Crippen LogP contribution in [0, 0.1) is 0 Å². The minimum absolute atomic E-state index is 0.110. The van der Waals surface area contributed by atoms with Crippen LogP contribution in [0.15, 0.2) is 21.3 Å². The third-order valence-corrected chi connectivity index (χ3v) is 2.30. The maximum Gasteiger partial charge on any atom is 0.129 e. The number of anilines is 1. The largest absolute Gasteiger partial charge is 0.395 e. The summed E-state index contributed by atoms with van der Waals surface area (Å²) in [5.41, 5.74) is 0.874. The zero-order chi connectivity index (χ0) is 8.97. The molecule has 0 radical (unpaired) electrons. The molecule has 0 saturated heterocycles. The first-order valence-corrected chi connectivity index (χ1v) is 4.98. The van der Waals surface area contributed by atoms with Crippen molar-refractivity contribution in [3.05, 3.63) is 21.3 Å². The monoisotopic (exact) mass is 294 g/mol. The number of nitrogens with one attached hydrogen (secondary N) is 1. The summed E-state index contributed by atoms with van der Waals surface area (Å²) in [4.78, 5) is 4.06. The van der Waals surface area contributed by atoms with Gasteiger partial charge in [-0.2, -0.15) is 0 Å². The normalized spacial score (nSPS) is 9.92. The molecule has 0 aliphatic heterocycles. The van der Waals surface area contributed by atoms with Gasteiger partial charge in [0.1, 0.15) is 4.60 Å². The zero-order valence-corrected chi connectivity index (χ0v) is 9.39. The Balaban J connectivity index is 2.75. The minimum atomic E-state index is 0.110. The summed E-state index contributed by atoms with van der Waals surface area (Å²) in [5, 5.41) is 11.6.